The maximum absolute atomic E-state index is 6.07. The van der Waals surface area contributed by atoms with Crippen LogP contribution in [-0.4, -0.2) is 36.4 Å². The van der Waals surface area contributed by atoms with Crippen molar-refractivity contribution in [3.8, 4) is 11.5 Å². The highest BCUT2D eigenvalue weighted by atomic mass is 35.5. The molecular formula is C22H27ClN4O+2. The second kappa shape index (κ2) is 8.43. The van der Waals surface area contributed by atoms with Gasteiger partial charge in [0.1, 0.15) is 32.7 Å². The number of benzene rings is 2. The molecule has 2 aromatic carbocycles. The zero-order valence-corrected chi connectivity index (χ0v) is 17.2. The minimum absolute atomic E-state index is 0.195. The number of piperazine rings is 1. The van der Waals surface area contributed by atoms with Crippen LogP contribution in [0.3, 0.4) is 0 Å². The van der Waals surface area contributed by atoms with Crippen LogP contribution < -0.4 is 9.80 Å². The zero-order chi connectivity index (χ0) is 19.5. The lowest BCUT2D eigenvalue weighted by Crippen LogP contribution is -3.27. The van der Waals surface area contributed by atoms with Gasteiger partial charge >= 0.3 is 0 Å². The second-order valence-electron chi connectivity index (χ2n) is 7.69. The molecule has 28 heavy (non-hydrogen) atoms. The lowest BCUT2D eigenvalue weighted by atomic mass is 10.1. The van der Waals surface area contributed by atoms with Gasteiger partial charge in [0.15, 0.2) is 6.04 Å². The summed E-state index contributed by atoms with van der Waals surface area (Å²) in [5, 5.41) is 9.21. The summed E-state index contributed by atoms with van der Waals surface area (Å²) >= 11 is 6.07. The molecule has 1 aromatic heterocycles. The van der Waals surface area contributed by atoms with E-state index in [2.05, 4.69) is 48.3 Å². The van der Waals surface area contributed by atoms with Gasteiger partial charge in [-0.05, 0) is 37.6 Å². The SMILES string of the molecule is Cc1ccccc1C[NH+]1CC[NH+]([C@@H](C)c2nnc(-c3cccc(Cl)c3)o2)CC1. The van der Waals surface area contributed by atoms with E-state index in [-0.39, 0.29) is 6.04 Å². The van der Waals surface area contributed by atoms with E-state index in [1.54, 1.807) is 4.90 Å². The minimum Gasteiger partial charge on any atom is -0.415 e. The first kappa shape index (κ1) is 19.1. The predicted molar refractivity (Wildman–Crippen MR) is 109 cm³/mol. The fourth-order valence-electron chi connectivity index (χ4n) is 3.93. The number of rotatable bonds is 5. The Labute approximate surface area is 170 Å². The van der Waals surface area contributed by atoms with Crippen molar-refractivity contribution < 1.29 is 14.2 Å². The van der Waals surface area contributed by atoms with Gasteiger partial charge in [-0.3, -0.25) is 0 Å². The van der Waals surface area contributed by atoms with Crippen LogP contribution in [0.1, 0.15) is 30.0 Å². The molecular weight excluding hydrogens is 372 g/mol. The number of aromatic nitrogens is 2. The number of halogens is 1. The highest BCUT2D eigenvalue weighted by molar-refractivity contribution is 6.30. The van der Waals surface area contributed by atoms with Gasteiger partial charge in [-0.1, -0.05) is 41.9 Å². The molecule has 1 aliphatic heterocycles. The Morgan fingerprint density at radius 3 is 2.57 bits per heavy atom. The van der Waals surface area contributed by atoms with Crippen molar-refractivity contribution >= 4 is 11.6 Å². The molecule has 0 unspecified atom stereocenters. The summed E-state index contributed by atoms with van der Waals surface area (Å²) in [6, 6.07) is 16.4. The van der Waals surface area contributed by atoms with Gasteiger partial charge in [0, 0.05) is 16.1 Å². The molecule has 0 bridgehead atoms. The smallest absolute Gasteiger partial charge is 0.274 e. The zero-order valence-electron chi connectivity index (χ0n) is 16.4. The molecule has 2 heterocycles. The second-order valence-corrected chi connectivity index (χ2v) is 8.13. The molecule has 0 amide bonds. The quantitative estimate of drug-likeness (QED) is 0.688. The van der Waals surface area contributed by atoms with Gasteiger partial charge in [0.25, 0.3) is 5.89 Å². The lowest BCUT2D eigenvalue weighted by molar-refractivity contribution is -1.03. The van der Waals surface area contributed by atoms with Gasteiger partial charge in [-0.15, -0.1) is 10.2 Å². The summed E-state index contributed by atoms with van der Waals surface area (Å²) in [6.45, 7) is 10.0. The van der Waals surface area contributed by atoms with Crippen LogP contribution in [0.2, 0.25) is 5.02 Å². The molecule has 1 saturated heterocycles. The molecule has 0 spiro atoms. The van der Waals surface area contributed by atoms with Crippen molar-refractivity contribution in [2.45, 2.75) is 26.4 Å². The van der Waals surface area contributed by atoms with Crippen LogP contribution in [0.5, 0.6) is 0 Å². The summed E-state index contributed by atoms with van der Waals surface area (Å²) in [4.78, 5) is 3.16. The van der Waals surface area contributed by atoms with E-state index in [4.69, 9.17) is 16.0 Å². The number of aryl methyl sites for hydroxylation is 1. The van der Waals surface area contributed by atoms with Gasteiger partial charge < -0.3 is 14.2 Å². The van der Waals surface area contributed by atoms with Crippen molar-refractivity contribution in [1.82, 2.24) is 10.2 Å². The van der Waals surface area contributed by atoms with Gasteiger partial charge in [0.2, 0.25) is 5.89 Å². The van der Waals surface area contributed by atoms with Crippen LogP contribution in [0.25, 0.3) is 11.5 Å². The highest BCUT2D eigenvalue weighted by Crippen LogP contribution is 2.22. The van der Waals surface area contributed by atoms with Gasteiger partial charge in [-0.25, -0.2) is 0 Å². The molecule has 0 aliphatic carbocycles. The normalized spacial score (nSPS) is 20.8. The van der Waals surface area contributed by atoms with Crippen molar-refractivity contribution in [2.24, 2.45) is 0 Å². The molecule has 4 rings (SSSR count). The first-order valence-corrected chi connectivity index (χ1v) is 10.3. The molecule has 0 radical (unpaired) electrons. The van der Waals surface area contributed by atoms with Gasteiger partial charge in [0.05, 0.1) is 0 Å². The summed E-state index contributed by atoms with van der Waals surface area (Å²) in [7, 11) is 0. The third-order valence-corrected chi connectivity index (χ3v) is 6.03. The molecule has 5 nitrogen and oxygen atoms in total. The van der Waals surface area contributed by atoms with Crippen molar-refractivity contribution in [3.05, 3.63) is 70.6 Å². The minimum atomic E-state index is 0.195. The van der Waals surface area contributed by atoms with Crippen LogP contribution in [0.4, 0.5) is 0 Å². The summed E-state index contributed by atoms with van der Waals surface area (Å²) in [6.07, 6.45) is 0. The topological polar surface area (TPSA) is 47.8 Å². The average Bonchev–Trinajstić information content (AvgIpc) is 3.20. The maximum atomic E-state index is 6.07. The highest BCUT2D eigenvalue weighted by Gasteiger charge is 2.31. The number of hydrogen-bond acceptors (Lipinski definition) is 3. The van der Waals surface area contributed by atoms with Gasteiger partial charge in [-0.2, -0.15) is 0 Å². The van der Waals surface area contributed by atoms with Crippen molar-refractivity contribution in [2.75, 3.05) is 26.2 Å². The monoisotopic (exact) mass is 398 g/mol. The number of nitrogens with zero attached hydrogens (tertiary/aromatic N) is 2. The molecule has 1 atom stereocenters. The summed E-state index contributed by atoms with van der Waals surface area (Å²) < 4.78 is 5.97. The molecule has 3 aromatic rings. The van der Waals surface area contributed by atoms with E-state index in [1.165, 1.54) is 16.0 Å². The maximum Gasteiger partial charge on any atom is 0.274 e. The Kier molecular flexibility index (Phi) is 5.76. The average molecular weight is 399 g/mol. The van der Waals surface area contributed by atoms with Crippen LogP contribution in [0, 0.1) is 6.92 Å². The van der Waals surface area contributed by atoms with Crippen molar-refractivity contribution in [3.63, 3.8) is 0 Å². The number of quaternary nitrogens is 2. The van der Waals surface area contributed by atoms with Crippen LogP contribution >= 0.6 is 11.6 Å². The van der Waals surface area contributed by atoms with E-state index in [9.17, 15) is 0 Å². The van der Waals surface area contributed by atoms with E-state index in [1.807, 2.05) is 24.3 Å². The van der Waals surface area contributed by atoms with E-state index in [0.717, 1.165) is 38.3 Å². The standard InChI is InChI=1S/C22H25ClN4O/c1-16-6-3-4-7-19(16)15-26-10-12-27(13-11-26)17(2)21-24-25-22(28-21)18-8-5-9-20(23)14-18/h3-9,14,17H,10-13,15H2,1-2H3/p+2/t17-/m0/s1. The van der Waals surface area contributed by atoms with E-state index >= 15 is 0 Å². The molecule has 1 fully saturated rings. The predicted octanol–water partition coefficient (Wildman–Crippen LogP) is 1.74. The summed E-state index contributed by atoms with van der Waals surface area (Å²) in [5.41, 5.74) is 3.70. The van der Waals surface area contributed by atoms with Crippen LogP contribution in [-0.2, 0) is 6.54 Å². The first-order valence-electron chi connectivity index (χ1n) is 9.92. The Morgan fingerprint density at radius 2 is 1.82 bits per heavy atom. The largest absolute Gasteiger partial charge is 0.415 e. The first-order chi connectivity index (χ1) is 13.6. The Balaban J connectivity index is 1.37. The van der Waals surface area contributed by atoms with E-state index < -0.39 is 0 Å². The molecule has 6 heteroatoms. The molecule has 1 aliphatic rings. The Hall–Kier alpha value is -2.21. The fourth-order valence-corrected chi connectivity index (χ4v) is 4.12. The number of hydrogen-bond donors (Lipinski definition) is 2. The molecule has 146 valence electrons. The third kappa shape index (κ3) is 4.27. The van der Waals surface area contributed by atoms with Crippen molar-refractivity contribution in [1.29, 1.82) is 0 Å². The third-order valence-electron chi connectivity index (χ3n) is 5.80. The molecule has 0 saturated carbocycles. The van der Waals surface area contributed by atoms with Crippen LogP contribution in [0.15, 0.2) is 52.9 Å². The lowest BCUT2D eigenvalue weighted by Gasteiger charge is -2.32. The fraction of sp³-hybridized carbons (Fsp3) is 0.364. The number of nitrogens with one attached hydrogen (secondary N) is 2. The Morgan fingerprint density at radius 1 is 1.04 bits per heavy atom. The summed E-state index contributed by atoms with van der Waals surface area (Å²) in [5.74, 6) is 1.24. The Bertz CT molecular complexity index is 934. The molecule has 2 N–H and O–H groups in total. The van der Waals surface area contributed by atoms with E-state index in [0.29, 0.717) is 16.8 Å².